The van der Waals surface area contributed by atoms with Gasteiger partial charge in [-0.25, -0.2) is 0 Å². The van der Waals surface area contributed by atoms with Gasteiger partial charge in [0, 0.05) is 6.42 Å². The molecule has 1 amide bonds. The number of hydrogen-bond donors (Lipinski definition) is 6. The average molecular weight is 874 g/mol. The number of aliphatic hydroxyl groups is 5. The Labute approximate surface area is 379 Å². The highest BCUT2D eigenvalue weighted by atomic mass is 16.7. The molecule has 360 valence electrons. The van der Waals surface area contributed by atoms with E-state index in [0.29, 0.717) is 6.42 Å². The summed E-state index contributed by atoms with van der Waals surface area (Å²) in [6.07, 6.45) is 49.8. The normalized spacial score (nSPS) is 20.8. The second-order valence-electron chi connectivity index (χ2n) is 17.6. The number of hydrogen-bond acceptors (Lipinski definition) is 8. The van der Waals surface area contributed by atoms with Gasteiger partial charge in [0.25, 0.3) is 0 Å². The Morgan fingerprint density at radius 2 is 0.968 bits per heavy atom. The van der Waals surface area contributed by atoms with Crippen LogP contribution in [0.4, 0.5) is 0 Å². The van der Waals surface area contributed by atoms with E-state index in [2.05, 4.69) is 67.8 Å². The van der Waals surface area contributed by atoms with Crippen molar-refractivity contribution in [2.75, 3.05) is 13.2 Å². The molecule has 0 spiro atoms. The summed E-state index contributed by atoms with van der Waals surface area (Å²) in [6.45, 7) is 3.73. The minimum absolute atomic E-state index is 0.200. The number of aliphatic hydroxyl groups excluding tert-OH is 5. The van der Waals surface area contributed by atoms with Crippen LogP contribution in [0.25, 0.3) is 0 Å². The van der Waals surface area contributed by atoms with Gasteiger partial charge in [-0.15, -0.1) is 0 Å². The Morgan fingerprint density at radius 3 is 1.47 bits per heavy atom. The van der Waals surface area contributed by atoms with Crippen molar-refractivity contribution in [1.82, 2.24) is 5.32 Å². The maximum Gasteiger partial charge on any atom is 0.220 e. The van der Waals surface area contributed by atoms with Crippen LogP contribution in [0.2, 0.25) is 0 Å². The Balaban J connectivity index is 2.36. The van der Waals surface area contributed by atoms with Crippen LogP contribution in [0.5, 0.6) is 0 Å². The van der Waals surface area contributed by atoms with Gasteiger partial charge in [-0.3, -0.25) is 4.79 Å². The Bertz CT molecular complexity index is 1150. The highest BCUT2D eigenvalue weighted by molar-refractivity contribution is 5.76. The maximum atomic E-state index is 13.0. The fourth-order valence-electron chi connectivity index (χ4n) is 7.69. The number of ether oxygens (including phenoxy) is 2. The van der Waals surface area contributed by atoms with E-state index in [0.717, 1.165) is 64.2 Å². The molecule has 7 unspecified atom stereocenters. The van der Waals surface area contributed by atoms with Crippen LogP contribution in [0.3, 0.4) is 0 Å². The maximum absolute atomic E-state index is 13.0. The van der Waals surface area contributed by atoms with E-state index in [9.17, 15) is 30.3 Å². The largest absolute Gasteiger partial charge is 0.394 e. The Hall–Kier alpha value is -2.11. The molecule has 1 aliphatic rings. The summed E-state index contributed by atoms with van der Waals surface area (Å²) < 4.78 is 11.2. The third-order valence-electron chi connectivity index (χ3n) is 11.8. The van der Waals surface area contributed by atoms with Crippen LogP contribution in [0, 0.1) is 0 Å². The number of allylic oxidation sites excluding steroid dienone is 9. The van der Waals surface area contributed by atoms with Crippen molar-refractivity contribution >= 4 is 5.91 Å². The number of carbonyl (C=O) groups is 1. The van der Waals surface area contributed by atoms with E-state index in [-0.39, 0.29) is 12.5 Å². The molecule has 0 aromatic rings. The molecule has 1 saturated heterocycles. The quantitative estimate of drug-likeness (QED) is 0.0262. The van der Waals surface area contributed by atoms with Crippen molar-refractivity contribution in [3.63, 3.8) is 0 Å². The summed E-state index contributed by atoms with van der Waals surface area (Å²) in [5, 5.41) is 54.3. The third-order valence-corrected chi connectivity index (χ3v) is 11.8. The molecule has 62 heavy (non-hydrogen) atoms. The van der Waals surface area contributed by atoms with Gasteiger partial charge >= 0.3 is 0 Å². The summed E-state index contributed by atoms with van der Waals surface area (Å²) in [6, 6.07) is -0.834. The highest BCUT2D eigenvalue weighted by Crippen LogP contribution is 2.22. The van der Waals surface area contributed by atoms with Crippen molar-refractivity contribution in [2.45, 2.75) is 256 Å². The molecule has 0 aliphatic carbocycles. The molecule has 1 rings (SSSR count). The second-order valence-corrected chi connectivity index (χ2v) is 17.6. The van der Waals surface area contributed by atoms with E-state index in [1.807, 2.05) is 6.08 Å². The van der Waals surface area contributed by atoms with E-state index >= 15 is 0 Å². The van der Waals surface area contributed by atoms with E-state index in [1.54, 1.807) is 6.08 Å². The van der Waals surface area contributed by atoms with Gasteiger partial charge < -0.3 is 40.3 Å². The first kappa shape index (κ1) is 57.9. The molecule has 0 saturated carbocycles. The van der Waals surface area contributed by atoms with Crippen LogP contribution in [-0.2, 0) is 14.3 Å². The molecular formula is C53H95NO8. The molecule has 1 heterocycles. The van der Waals surface area contributed by atoms with E-state index in [4.69, 9.17) is 9.47 Å². The van der Waals surface area contributed by atoms with Crippen LogP contribution in [0.15, 0.2) is 60.8 Å². The standard InChI is InChI=1S/C53H95NO8/c1-3-5-7-9-11-13-15-17-19-21-23-24-25-26-28-30-32-34-36-38-40-42-47(56)46(45-61-53-52(60)51(59)50(58)48(44-55)62-53)54-49(57)43-41-39-37-35-33-31-29-27-22-20-18-16-14-12-10-8-6-4-2/h14,16,20,22,25-26,32,34,40,42,46-48,50-53,55-56,58-60H,3-13,15,17-19,21,23-24,27-31,33,35-39,41,43-45H2,1-2H3,(H,54,57)/b16-14-,22-20-,26-25+,34-32+,42-40+. The van der Waals surface area contributed by atoms with Gasteiger partial charge in [-0.2, -0.15) is 0 Å². The number of nitrogens with one attached hydrogen (secondary N) is 1. The van der Waals surface area contributed by atoms with Gasteiger partial charge in [0.1, 0.15) is 24.4 Å². The van der Waals surface area contributed by atoms with Gasteiger partial charge in [0.2, 0.25) is 5.91 Å². The number of rotatable bonds is 42. The minimum Gasteiger partial charge on any atom is -0.394 e. The molecular weight excluding hydrogens is 779 g/mol. The van der Waals surface area contributed by atoms with Gasteiger partial charge in [-0.05, 0) is 77.0 Å². The lowest BCUT2D eigenvalue weighted by Gasteiger charge is -2.40. The summed E-state index contributed by atoms with van der Waals surface area (Å²) in [7, 11) is 0. The van der Waals surface area contributed by atoms with Crippen LogP contribution < -0.4 is 5.32 Å². The third kappa shape index (κ3) is 32.5. The van der Waals surface area contributed by atoms with Gasteiger partial charge in [-0.1, -0.05) is 190 Å². The molecule has 1 fully saturated rings. The Kier molecular flexibility index (Phi) is 40.0. The van der Waals surface area contributed by atoms with Crippen LogP contribution in [0.1, 0.15) is 213 Å². The molecule has 0 aromatic heterocycles. The first-order chi connectivity index (χ1) is 30.3. The molecule has 9 nitrogen and oxygen atoms in total. The molecule has 9 heteroatoms. The predicted molar refractivity (Wildman–Crippen MR) is 258 cm³/mol. The second kappa shape index (κ2) is 42.8. The smallest absolute Gasteiger partial charge is 0.220 e. The van der Waals surface area contributed by atoms with Crippen LogP contribution in [-0.4, -0.2) is 87.5 Å². The molecule has 7 atom stereocenters. The summed E-state index contributed by atoms with van der Waals surface area (Å²) in [4.78, 5) is 13.0. The number of amides is 1. The molecule has 0 aromatic carbocycles. The van der Waals surface area contributed by atoms with Crippen molar-refractivity contribution in [2.24, 2.45) is 0 Å². The highest BCUT2D eigenvalue weighted by Gasteiger charge is 2.44. The van der Waals surface area contributed by atoms with Crippen LogP contribution >= 0.6 is 0 Å². The number of carbonyl (C=O) groups excluding carboxylic acids is 1. The summed E-state index contributed by atoms with van der Waals surface area (Å²) >= 11 is 0. The summed E-state index contributed by atoms with van der Waals surface area (Å²) in [5.41, 5.74) is 0. The zero-order valence-corrected chi connectivity index (χ0v) is 39.6. The Morgan fingerprint density at radius 1 is 0.548 bits per heavy atom. The van der Waals surface area contributed by atoms with E-state index < -0.39 is 49.5 Å². The van der Waals surface area contributed by atoms with Gasteiger partial charge in [0.15, 0.2) is 6.29 Å². The SMILES string of the molecule is CCCCCC/C=C\C/C=C\CCCCCCCCCC(=O)NC(COC1OC(CO)C(O)C(O)C1O)C(O)/C=C/CC/C=C/CC/C=C/CCCCCCCCCCCCC. The van der Waals surface area contributed by atoms with Crippen molar-refractivity contribution in [3.05, 3.63) is 60.8 Å². The lowest BCUT2D eigenvalue weighted by molar-refractivity contribution is -0.302. The molecule has 0 bridgehead atoms. The van der Waals surface area contributed by atoms with Gasteiger partial charge in [0.05, 0.1) is 25.4 Å². The fraction of sp³-hybridized carbons (Fsp3) is 0.792. The first-order valence-corrected chi connectivity index (χ1v) is 25.5. The molecule has 0 radical (unpaired) electrons. The number of unbranched alkanes of at least 4 members (excludes halogenated alkanes) is 24. The zero-order valence-electron chi connectivity index (χ0n) is 39.6. The topological polar surface area (TPSA) is 149 Å². The monoisotopic (exact) mass is 874 g/mol. The fourth-order valence-corrected chi connectivity index (χ4v) is 7.69. The lowest BCUT2D eigenvalue weighted by Crippen LogP contribution is -2.60. The average Bonchev–Trinajstić information content (AvgIpc) is 3.27. The summed E-state index contributed by atoms with van der Waals surface area (Å²) in [5.74, 6) is -0.200. The van der Waals surface area contributed by atoms with E-state index in [1.165, 1.54) is 128 Å². The lowest BCUT2D eigenvalue weighted by atomic mass is 9.99. The molecule has 6 N–H and O–H groups in total. The first-order valence-electron chi connectivity index (χ1n) is 25.5. The zero-order chi connectivity index (χ0) is 45.1. The minimum atomic E-state index is -1.58. The predicted octanol–water partition coefficient (Wildman–Crippen LogP) is 11.6. The van der Waals surface area contributed by atoms with Crippen molar-refractivity contribution in [1.29, 1.82) is 0 Å². The van der Waals surface area contributed by atoms with Crippen molar-refractivity contribution in [3.8, 4) is 0 Å². The molecule has 1 aliphatic heterocycles. The van der Waals surface area contributed by atoms with Crippen molar-refractivity contribution < 1.29 is 39.8 Å².